The minimum Gasteiger partial charge on any atom is -0.346 e. The van der Waals surface area contributed by atoms with Gasteiger partial charge in [0.2, 0.25) is 5.91 Å². The summed E-state index contributed by atoms with van der Waals surface area (Å²) in [6.07, 6.45) is 4.06. The molecule has 0 aliphatic rings. The molecule has 1 atom stereocenters. The second-order valence-corrected chi connectivity index (χ2v) is 5.39. The minimum atomic E-state index is -0.149. The van der Waals surface area contributed by atoms with Gasteiger partial charge in [0.1, 0.15) is 24.3 Å². The van der Waals surface area contributed by atoms with Gasteiger partial charge in [-0.15, -0.1) is 10.2 Å². The Hall–Kier alpha value is -2.25. The van der Waals surface area contributed by atoms with Gasteiger partial charge in [-0.2, -0.15) is 5.10 Å². The Morgan fingerprint density at radius 1 is 1.38 bits per heavy atom. The molecule has 0 aromatic carbocycles. The van der Waals surface area contributed by atoms with Gasteiger partial charge >= 0.3 is 0 Å². The predicted octanol–water partition coefficient (Wildman–Crippen LogP) is 0.390. The third-order valence-corrected chi connectivity index (χ3v) is 3.39. The molecule has 8 nitrogen and oxygen atoms in total. The molecule has 1 N–H and O–H groups in total. The quantitative estimate of drug-likeness (QED) is 0.831. The number of hydrogen-bond donors (Lipinski definition) is 1. The molecule has 2 rings (SSSR count). The second-order valence-electron chi connectivity index (χ2n) is 5.39. The van der Waals surface area contributed by atoms with Crippen LogP contribution in [0.1, 0.15) is 38.0 Å². The number of nitrogens with one attached hydrogen (secondary N) is 1. The highest BCUT2D eigenvalue weighted by atomic mass is 16.1. The van der Waals surface area contributed by atoms with Crippen molar-refractivity contribution >= 4 is 5.91 Å². The van der Waals surface area contributed by atoms with Crippen molar-refractivity contribution in [3.8, 4) is 0 Å². The molecule has 8 heteroatoms. The summed E-state index contributed by atoms with van der Waals surface area (Å²) in [6, 6.07) is -0.149. The first-order valence-corrected chi connectivity index (χ1v) is 6.95. The summed E-state index contributed by atoms with van der Waals surface area (Å²) < 4.78 is 3.50. The van der Waals surface area contributed by atoms with Crippen LogP contribution in [0.3, 0.4) is 0 Å². The van der Waals surface area contributed by atoms with E-state index in [0.717, 1.165) is 11.6 Å². The Labute approximate surface area is 123 Å². The Kier molecular flexibility index (Phi) is 4.66. The van der Waals surface area contributed by atoms with Crippen LogP contribution in [0.5, 0.6) is 0 Å². The van der Waals surface area contributed by atoms with E-state index in [2.05, 4.69) is 25.6 Å². The van der Waals surface area contributed by atoms with Crippen LogP contribution in [-0.4, -0.2) is 35.4 Å². The topological polar surface area (TPSA) is 90.5 Å². The number of amides is 1. The molecular formula is C13H21N7O. The molecule has 0 aliphatic carbocycles. The molecule has 114 valence electrons. The van der Waals surface area contributed by atoms with Crippen LogP contribution in [0.2, 0.25) is 0 Å². The summed E-state index contributed by atoms with van der Waals surface area (Å²) in [5.41, 5.74) is 0. The minimum absolute atomic E-state index is 0.0281. The van der Waals surface area contributed by atoms with Gasteiger partial charge in [-0.25, -0.2) is 4.98 Å². The zero-order valence-electron chi connectivity index (χ0n) is 12.8. The third-order valence-electron chi connectivity index (χ3n) is 3.39. The molecule has 0 bridgehead atoms. The number of carbonyl (C=O) groups is 1. The lowest BCUT2D eigenvalue weighted by Gasteiger charge is -2.21. The largest absolute Gasteiger partial charge is 0.346 e. The van der Waals surface area contributed by atoms with E-state index in [9.17, 15) is 4.79 Å². The van der Waals surface area contributed by atoms with Crippen molar-refractivity contribution in [2.24, 2.45) is 20.0 Å². The molecule has 0 spiro atoms. The van der Waals surface area contributed by atoms with E-state index in [1.54, 1.807) is 11.0 Å². The molecule has 2 heterocycles. The third kappa shape index (κ3) is 3.65. The van der Waals surface area contributed by atoms with Crippen molar-refractivity contribution < 1.29 is 4.79 Å². The molecule has 0 radical (unpaired) electrons. The van der Waals surface area contributed by atoms with Crippen LogP contribution in [0.15, 0.2) is 12.7 Å². The van der Waals surface area contributed by atoms with Crippen LogP contribution in [-0.2, 0) is 25.3 Å². The van der Waals surface area contributed by atoms with Gasteiger partial charge in [0, 0.05) is 26.9 Å². The second kappa shape index (κ2) is 6.47. The molecule has 1 amide bonds. The standard InChI is InChI=1S/C13H21N7O/c1-9(2)12(13-14-7-16-20(13)4)17-11(21)6-5-10-18-15-8-19(10)3/h7-9,12H,5-6H2,1-4H3,(H,17,21)/t12-/m0/s1. The van der Waals surface area contributed by atoms with Gasteiger partial charge < -0.3 is 9.88 Å². The normalized spacial score (nSPS) is 12.6. The first-order chi connectivity index (χ1) is 9.99. The van der Waals surface area contributed by atoms with Crippen LogP contribution >= 0.6 is 0 Å². The number of aryl methyl sites for hydroxylation is 3. The van der Waals surface area contributed by atoms with Crippen LogP contribution in [0, 0.1) is 5.92 Å². The maximum absolute atomic E-state index is 12.1. The Balaban J connectivity index is 1.96. The highest BCUT2D eigenvalue weighted by Gasteiger charge is 2.22. The molecule has 0 aliphatic heterocycles. The highest BCUT2D eigenvalue weighted by molar-refractivity contribution is 5.76. The maximum atomic E-state index is 12.1. The van der Waals surface area contributed by atoms with Crippen LogP contribution in [0.25, 0.3) is 0 Å². The highest BCUT2D eigenvalue weighted by Crippen LogP contribution is 2.19. The molecule has 21 heavy (non-hydrogen) atoms. The van der Waals surface area contributed by atoms with E-state index in [1.165, 1.54) is 6.33 Å². The van der Waals surface area contributed by atoms with Gasteiger partial charge in [0.25, 0.3) is 0 Å². The van der Waals surface area contributed by atoms with E-state index in [1.807, 2.05) is 32.5 Å². The zero-order valence-corrected chi connectivity index (χ0v) is 12.8. The fourth-order valence-corrected chi connectivity index (χ4v) is 2.12. The van der Waals surface area contributed by atoms with Gasteiger partial charge in [-0.05, 0) is 5.92 Å². The van der Waals surface area contributed by atoms with Gasteiger partial charge in [0.05, 0.1) is 6.04 Å². The first-order valence-electron chi connectivity index (χ1n) is 6.95. The molecule has 2 aromatic rings. The Bertz CT molecular complexity index is 601. The van der Waals surface area contributed by atoms with E-state index in [4.69, 9.17) is 0 Å². The van der Waals surface area contributed by atoms with Crippen LogP contribution in [0.4, 0.5) is 0 Å². The van der Waals surface area contributed by atoms with Crippen molar-refractivity contribution in [1.29, 1.82) is 0 Å². The van der Waals surface area contributed by atoms with E-state index in [-0.39, 0.29) is 17.9 Å². The number of rotatable bonds is 6. The summed E-state index contributed by atoms with van der Waals surface area (Å²) in [5, 5.41) is 14.9. The predicted molar refractivity (Wildman–Crippen MR) is 76.0 cm³/mol. The smallest absolute Gasteiger partial charge is 0.221 e. The number of carbonyl (C=O) groups excluding carboxylic acids is 1. The molecule has 0 unspecified atom stereocenters. The lowest BCUT2D eigenvalue weighted by molar-refractivity contribution is -0.122. The first kappa shape index (κ1) is 15.1. The van der Waals surface area contributed by atoms with Crippen molar-refractivity contribution in [3.63, 3.8) is 0 Å². The molecule has 0 saturated carbocycles. The SMILES string of the molecule is CC(C)[C@H](NC(=O)CCc1nncn1C)c1ncnn1C. The summed E-state index contributed by atoms with van der Waals surface area (Å²) in [7, 11) is 3.69. The van der Waals surface area contributed by atoms with Crippen molar-refractivity contribution in [2.45, 2.75) is 32.7 Å². The monoisotopic (exact) mass is 291 g/mol. The van der Waals surface area contributed by atoms with Crippen LogP contribution < -0.4 is 5.32 Å². The summed E-state index contributed by atoms with van der Waals surface area (Å²) in [4.78, 5) is 16.4. The maximum Gasteiger partial charge on any atom is 0.221 e. The van der Waals surface area contributed by atoms with Gasteiger partial charge in [-0.1, -0.05) is 13.8 Å². The van der Waals surface area contributed by atoms with Crippen molar-refractivity contribution in [3.05, 3.63) is 24.3 Å². The van der Waals surface area contributed by atoms with Gasteiger partial charge in [-0.3, -0.25) is 9.48 Å². The van der Waals surface area contributed by atoms with Crippen molar-refractivity contribution in [2.75, 3.05) is 0 Å². The van der Waals surface area contributed by atoms with E-state index >= 15 is 0 Å². The summed E-state index contributed by atoms with van der Waals surface area (Å²) in [5.74, 6) is 1.76. The average molecular weight is 291 g/mol. The summed E-state index contributed by atoms with van der Waals surface area (Å²) in [6.45, 7) is 4.09. The lowest BCUT2D eigenvalue weighted by atomic mass is 10.0. The molecular weight excluding hydrogens is 270 g/mol. The fourth-order valence-electron chi connectivity index (χ4n) is 2.12. The number of nitrogens with zero attached hydrogens (tertiary/aromatic N) is 6. The van der Waals surface area contributed by atoms with E-state index in [0.29, 0.717) is 12.8 Å². The van der Waals surface area contributed by atoms with Crippen molar-refractivity contribution in [1.82, 2.24) is 34.8 Å². The number of hydrogen-bond acceptors (Lipinski definition) is 5. The average Bonchev–Trinajstić information content (AvgIpc) is 3.02. The summed E-state index contributed by atoms with van der Waals surface area (Å²) >= 11 is 0. The molecule has 0 saturated heterocycles. The number of aromatic nitrogens is 6. The van der Waals surface area contributed by atoms with E-state index < -0.39 is 0 Å². The Morgan fingerprint density at radius 2 is 2.14 bits per heavy atom. The Morgan fingerprint density at radius 3 is 2.67 bits per heavy atom. The molecule has 0 fully saturated rings. The lowest BCUT2D eigenvalue weighted by Crippen LogP contribution is -2.33. The fraction of sp³-hybridized carbons (Fsp3) is 0.615. The zero-order chi connectivity index (χ0) is 15.4. The molecule has 2 aromatic heterocycles. The van der Waals surface area contributed by atoms with Gasteiger partial charge in [0.15, 0.2) is 0 Å².